The minimum Gasteiger partial charge on any atom is -0.368 e. The maximum Gasteiger partial charge on any atom is 0.268 e. The van der Waals surface area contributed by atoms with Crippen LogP contribution >= 0.6 is 23.2 Å². The molecule has 0 unspecified atom stereocenters. The lowest BCUT2D eigenvalue weighted by atomic mass is 10.1. The number of fused-ring (bicyclic) bond motifs is 1. The fraction of sp³-hybridized carbons (Fsp3) is 0. The van der Waals surface area contributed by atoms with Crippen LogP contribution in [0.5, 0.6) is 0 Å². The third-order valence-corrected chi connectivity index (χ3v) is 3.68. The second-order valence-electron chi connectivity index (χ2n) is 4.49. The van der Waals surface area contributed by atoms with Crippen LogP contribution in [0.15, 0.2) is 30.5 Å². The van der Waals surface area contributed by atoms with E-state index in [4.69, 9.17) is 34.7 Å². The maximum atomic E-state index is 11.5. The number of carbonyl (C=O) groups is 1. The van der Waals surface area contributed by atoms with Gasteiger partial charge < -0.3 is 11.5 Å². The third kappa shape index (κ3) is 2.43. The van der Waals surface area contributed by atoms with Crippen LogP contribution in [0.3, 0.4) is 0 Å². The van der Waals surface area contributed by atoms with Crippen LogP contribution in [0.4, 0.5) is 5.95 Å². The molecular weight excluding hydrogens is 325 g/mol. The molecule has 0 aliphatic carbocycles. The van der Waals surface area contributed by atoms with Crippen molar-refractivity contribution in [3.05, 3.63) is 46.2 Å². The van der Waals surface area contributed by atoms with Gasteiger partial charge in [-0.2, -0.15) is 4.98 Å². The third-order valence-electron chi connectivity index (χ3n) is 3.05. The molecule has 3 aromatic rings. The van der Waals surface area contributed by atoms with E-state index in [9.17, 15) is 4.79 Å². The molecular formula is C14H9Cl2N5O. The molecule has 0 saturated heterocycles. The Kier molecular flexibility index (Phi) is 3.56. The van der Waals surface area contributed by atoms with Crippen LogP contribution in [-0.4, -0.2) is 20.9 Å². The van der Waals surface area contributed by atoms with E-state index in [0.29, 0.717) is 26.6 Å². The first-order valence-electron chi connectivity index (χ1n) is 6.15. The highest BCUT2D eigenvalue weighted by Gasteiger charge is 2.15. The summed E-state index contributed by atoms with van der Waals surface area (Å²) in [6.45, 7) is 0. The number of pyridine rings is 1. The Morgan fingerprint density at radius 1 is 1.14 bits per heavy atom. The molecule has 0 bridgehead atoms. The Morgan fingerprint density at radius 3 is 2.45 bits per heavy atom. The number of aromatic nitrogens is 3. The smallest absolute Gasteiger partial charge is 0.268 e. The molecule has 0 saturated carbocycles. The summed E-state index contributed by atoms with van der Waals surface area (Å²) in [7, 11) is 0. The molecule has 0 atom stereocenters. The molecule has 2 aromatic heterocycles. The fourth-order valence-corrected chi connectivity index (χ4v) is 2.74. The fourth-order valence-electron chi connectivity index (χ4n) is 2.13. The number of nitrogen functional groups attached to an aromatic ring is 1. The molecule has 6 nitrogen and oxygen atoms in total. The Hall–Kier alpha value is -2.44. The summed E-state index contributed by atoms with van der Waals surface area (Å²) in [5.74, 6) is -0.791. The van der Waals surface area contributed by atoms with E-state index in [1.807, 2.05) is 0 Å². The van der Waals surface area contributed by atoms with Crippen molar-refractivity contribution in [3.8, 4) is 11.1 Å². The summed E-state index contributed by atoms with van der Waals surface area (Å²) in [5.41, 5.74) is 12.4. The van der Waals surface area contributed by atoms with Crippen molar-refractivity contribution in [2.75, 3.05) is 5.73 Å². The molecule has 8 heteroatoms. The zero-order chi connectivity index (χ0) is 15.9. The minimum atomic E-state index is -0.719. The normalized spacial score (nSPS) is 10.8. The summed E-state index contributed by atoms with van der Waals surface area (Å²) in [5, 5.41) is 1.31. The first-order chi connectivity index (χ1) is 10.5. The molecule has 2 heterocycles. The Balaban J connectivity index is 2.32. The number of hydrogen-bond acceptors (Lipinski definition) is 5. The van der Waals surface area contributed by atoms with E-state index in [2.05, 4.69) is 15.0 Å². The zero-order valence-corrected chi connectivity index (χ0v) is 12.6. The predicted octanol–water partition coefficient (Wildman–Crippen LogP) is 2.68. The van der Waals surface area contributed by atoms with E-state index < -0.39 is 5.91 Å². The van der Waals surface area contributed by atoms with E-state index in [1.54, 1.807) is 30.5 Å². The second kappa shape index (κ2) is 5.40. The standard InChI is InChI=1S/C14H9Cl2N5O/c15-8-2-1-3-9(16)10(8)6-4-7-11(12(17)22)20-14(18)21-13(7)19-5-6/h1-5H,(H2,17,22)(H2,18,19,20,21). The first-order valence-corrected chi connectivity index (χ1v) is 6.90. The van der Waals surface area contributed by atoms with Gasteiger partial charge in [0.25, 0.3) is 5.91 Å². The number of rotatable bonds is 2. The molecule has 0 fully saturated rings. The number of hydrogen-bond donors (Lipinski definition) is 2. The number of carbonyl (C=O) groups excluding carboxylic acids is 1. The van der Waals surface area contributed by atoms with Crippen molar-refractivity contribution in [1.82, 2.24) is 15.0 Å². The number of amides is 1. The molecule has 1 amide bonds. The van der Waals surface area contributed by atoms with Gasteiger partial charge in [-0.3, -0.25) is 4.79 Å². The van der Waals surface area contributed by atoms with Gasteiger partial charge in [-0.05, 0) is 18.2 Å². The van der Waals surface area contributed by atoms with Crippen molar-refractivity contribution in [2.24, 2.45) is 5.73 Å². The summed E-state index contributed by atoms with van der Waals surface area (Å²) in [6.07, 6.45) is 1.55. The SMILES string of the molecule is NC(=O)c1nc(N)nc2ncc(-c3c(Cl)cccc3Cl)cc12. The van der Waals surface area contributed by atoms with Crippen LogP contribution in [0.1, 0.15) is 10.5 Å². The minimum absolute atomic E-state index is 0.0000241. The lowest BCUT2D eigenvalue weighted by molar-refractivity contribution is 0.0997. The quantitative estimate of drug-likeness (QED) is 0.749. The van der Waals surface area contributed by atoms with Crippen molar-refractivity contribution in [1.29, 1.82) is 0 Å². The van der Waals surface area contributed by atoms with Crippen molar-refractivity contribution >= 4 is 46.1 Å². The van der Waals surface area contributed by atoms with Crippen molar-refractivity contribution in [3.63, 3.8) is 0 Å². The number of anilines is 1. The number of halogens is 2. The van der Waals surface area contributed by atoms with Crippen LogP contribution in [0.25, 0.3) is 22.2 Å². The largest absolute Gasteiger partial charge is 0.368 e. The van der Waals surface area contributed by atoms with Crippen LogP contribution in [0.2, 0.25) is 10.0 Å². The molecule has 0 aliphatic heterocycles. The highest BCUT2D eigenvalue weighted by atomic mass is 35.5. The predicted molar refractivity (Wildman–Crippen MR) is 85.7 cm³/mol. The molecule has 110 valence electrons. The van der Waals surface area contributed by atoms with Crippen LogP contribution in [0, 0.1) is 0 Å². The highest BCUT2D eigenvalue weighted by molar-refractivity contribution is 6.39. The molecule has 1 aromatic carbocycles. The average molecular weight is 334 g/mol. The summed E-state index contributed by atoms with van der Waals surface area (Å²) in [6, 6.07) is 6.82. The second-order valence-corrected chi connectivity index (χ2v) is 5.30. The summed E-state index contributed by atoms with van der Waals surface area (Å²) < 4.78 is 0. The Bertz CT molecular complexity index is 893. The molecule has 3 rings (SSSR count). The topological polar surface area (TPSA) is 108 Å². The van der Waals surface area contributed by atoms with Gasteiger partial charge >= 0.3 is 0 Å². The van der Waals surface area contributed by atoms with Gasteiger partial charge in [-0.15, -0.1) is 0 Å². The van der Waals surface area contributed by atoms with Crippen LogP contribution < -0.4 is 11.5 Å². The van der Waals surface area contributed by atoms with Gasteiger partial charge in [0.1, 0.15) is 5.69 Å². The number of benzene rings is 1. The summed E-state index contributed by atoms with van der Waals surface area (Å²) >= 11 is 12.4. The molecule has 0 radical (unpaired) electrons. The van der Waals surface area contributed by atoms with Crippen molar-refractivity contribution in [2.45, 2.75) is 0 Å². The molecule has 0 aliphatic rings. The van der Waals surface area contributed by atoms with Gasteiger partial charge in [0.15, 0.2) is 5.65 Å². The highest BCUT2D eigenvalue weighted by Crippen LogP contribution is 2.35. The van der Waals surface area contributed by atoms with Gasteiger partial charge in [0, 0.05) is 27.4 Å². The summed E-state index contributed by atoms with van der Waals surface area (Å²) in [4.78, 5) is 23.6. The molecule has 22 heavy (non-hydrogen) atoms. The number of nitrogens with zero attached hydrogens (tertiary/aromatic N) is 3. The van der Waals surface area contributed by atoms with E-state index in [0.717, 1.165) is 0 Å². The maximum absolute atomic E-state index is 11.5. The van der Waals surface area contributed by atoms with E-state index in [-0.39, 0.29) is 17.3 Å². The Morgan fingerprint density at radius 2 is 1.82 bits per heavy atom. The van der Waals surface area contributed by atoms with Gasteiger partial charge in [0.2, 0.25) is 5.95 Å². The lowest BCUT2D eigenvalue weighted by Gasteiger charge is -2.09. The van der Waals surface area contributed by atoms with Gasteiger partial charge in [0.05, 0.1) is 5.39 Å². The lowest BCUT2D eigenvalue weighted by Crippen LogP contribution is -2.15. The van der Waals surface area contributed by atoms with Crippen LogP contribution in [-0.2, 0) is 0 Å². The average Bonchev–Trinajstić information content (AvgIpc) is 2.46. The van der Waals surface area contributed by atoms with E-state index in [1.165, 1.54) is 0 Å². The van der Waals surface area contributed by atoms with Crippen molar-refractivity contribution < 1.29 is 4.79 Å². The number of primary amides is 1. The van der Waals surface area contributed by atoms with Gasteiger partial charge in [-0.1, -0.05) is 29.3 Å². The van der Waals surface area contributed by atoms with E-state index >= 15 is 0 Å². The number of nitrogens with two attached hydrogens (primary N) is 2. The zero-order valence-electron chi connectivity index (χ0n) is 11.0. The molecule has 4 N–H and O–H groups in total. The molecule has 0 spiro atoms. The van der Waals surface area contributed by atoms with Gasteiger partial charge in [-0.25, -0.2) is 9.97 Å². The monoisotopic (exact) mass is 333 g/mol. The Labute approximate surface area is 135 Å². The first kappa shape index (κ1) is 14.5.